The highest BCUT2D eigenvalue weighted by Crippen LogP contribution is 2.33. The SMILES string of the molecule is COCCn1ncc(-c2ccc(-c3cnc(C(=O)Nc4ccc(C(=O)N5CCN(C(=O)CCCN(CCCNC(=O)OC(C)(C)C)CCCNC(=O)OC(C)(C)C)CC5)c(Cl)c4)n3C)c(F)c2F)c1C. The maximum absolute atomic E-state index is 15.6. The molecule has 0 saturated carbocycles. The molecular weight excluding hydrogens is 930 g/mol. The molecule has 0 unspecified atom stereocenters. The van der Waals surface area contributed by atoms with Crippen molar-refractivity contribution in [2.75, 3.05) is 77.9 Å². The molecule has 0 aliphatic carbocycles. The van der Waals surface area contributed by atoms with Gasteiger partial charge in [0.05, 0.1) is 41.8 Å². The second-order valence-corrected chi connectivity index (χ2v) is 19.4. The second-order valence-electron chi connectivity index (χ2n) is 19.0. The van der Waals surface area contributed by atoms with Gasteiger partial charge in [-0.15, -0.1) is 0 Å². The highest BCUT2D eigenvalue weighted by molar-refractivity contribution is 6.34. The lowest BCUT2D eigenvalue weighted by Crippen LogP contribution is -2.50. The number of methoxy groups -OCH3 is 1. The Labute approximate surface area is 413 Å². The molecule has 2 aromatic carbocycles. The summed E-state index contributed by atoms with van der Waals surface area (Å²) in [5.74, 6) is -3.23. The smallest absolute Gasteiger partial charge is 0.407 e. The highest BCUT2D eigenvalue weighted by Gasteiger charge is 2.28. The first-order valence-corrected chi connectivity index (χ1v) is 23.8. The third kappa shape index (κ3) is 15.4. The van der Waals surface area contributed by atoms with Crippen LogP contribution in [0.4, 0.5) is 24.1 Å². The van der Waals surface area contributed by atoms with E-state index in [1.54, 1.807) is 70.1 Å². The Bertz CT molecular complexity index is 2440. The van der Waals surface area contributed by atoms with E-state index in [-0.39, 0.29) is 50.7 Å². The molecule has 1 saturated heterocycles. The Hall–Kier alpha value is -6.12. The highest BCUT2D eigenvalue weighted by atomic mass is 35.5. The van der Waals surface area contributed by atoms with Gasteiger partial charge in [-0.05, 0) is 112 Å². The number of nitrogens with zero attached hydrogens (tertiary/aromatic N) is 7. The molecule has 1 aliphatic rings. The summed E-state index contributed by atoms with van der Waals surface area (Å²) >= 11 is 6.60. The number of imidazole rings is 1. The van der Waals surface area contributed by atoms with E-state index in [9.17, 15) is 24.0 Å². The Kier molecular flexibility index (Phi) is 19.3. The van der Waals surface area contributed by atoms with Crippen molar-refractivity contribution in [3.63, 3.8) is 0 Å². The third-order valence-corrected chi connectivity index (χ3v) is 11.6. The molecule has 5 amide bonds. The molecule has 0 spiro atoms. The lowest BCUT2D eigenvalue weighted by molar-refractivity contribution is -0.132. The van der Waals surface area contributed by atoms with Crippen LogP contribution in [0.25, 0.3) is 22.4 Å². The van der Waals surface area contributed by atoms with Crippen molar-refractivity contribution in [1.82, 2.24) is 44.7 Å². The summed E-state index contributed by atoms with van der Waals surface area (Å²) in [4.78, 5) is 74.3. The first kappa shape index (κ1) is 54.8. The van der Waals surface area contributed by atoms with E-state index >= 15 is 8.78 Å². The molecule has 3 N–H and O–H groups in total. The molecule has 5 rings (SSSR count). The van der Waals surface area contributed by atoms with E-state index < -0.39 is 40.9 Å². The molecular formula is C49H67ClF2N10O8. The molecule has 18 nitrogen and oxygen atoms in total. The Morgan fingerprint density at radius 3 is 1.94 bits per heavy atom. The fraction of sp³-hybridized carbons (Fsp3) is 0.531. The number of halogens is 3. The van der Waals surface area contributed by atoms with Gasteiger partial charge in [0.1, 0.15) is 11.2 Å². The minimum atomic E-state index is -1.10. The van der Waals surface area contributed by atoms with Gasteiger partial charge in [-0.1, -0.05) is 17.7 Å². The van der Waals surface area contributed by atoms with Gasteiger partial charge >= 0.3 is 12.2 Å². The Morgan fingerprint density at radius 2 is 1.36 bits per heavy atom. The topological polar surface area (TPSA) is 194 Å². The van der Waals surface area contributed by atoms with E-state index in [0.29, 0.717) is 109 Å². The molecule has 0 bridgehead atoms. The number of hydrogen-bond acceptors (Lipinski definition) is 11. The van der Waals surface area contributed by atoms with Crippen molar-refractivity contribution in [2.24, 2.45) is 7.05 Å². The zero-order chi connectivity index (χ0) is 51.3. The van der Waals surface area contributed by atoms with Crippen molar-refractivity contribution >= 4 is 47.2 Å². The van der Waals surface area contributed by atoms with Crippen molar-refractivity contribution in [1.29, 1.82) is 0 Å². The molecule has 4 aromatic rings. The normalized spacial score (nSPS) is 13.1. The van der Waals surface area contributed by atoms with Gasteiger partial charge in [0.2, 0.25) is 5.91 Å². The van der Waals surface area contributed by atoms with Crippen LogP contribution in [0.1, 0.15) is 93.9 Å². The van der Waals surface area contributed by atoms with E-state index in [2.05, 4.69) is 30.9 Å². The van der Waals surface area contributed by atoms with Crippen LogP contribution in [0, 0.1) is 18.6 Å². The average Bonchev–Trinajstić information content (AvgIpc) is 3.85. The Morgan fingerprint density at radius 1 is 0.786 bits per heavy atom. The van der Waals surface area contributed by atoms with Gasteiger partial charge in [0, 0.05) is 87.9 Å². The number of piperazine rings is 1. The summed E-state index contributed by atoms with van der Waals surface area (Å²) in [6, 6.07) is 7.39. The van der Waals surface area contributed by atoms with Crippen LogP contribution in [0.2, 0.25) is 5.02 Å². The van der Waals surface area contributed by atoms with Crippen molar-refractivity contribution in [2.45, 2.75) is 91.9 Å². The van der Waals surface area contributed by atoms with Crippen molar-refractivity contribution < 1.29 is 47.0 Å². The average molecular weight is 998 g/mol. The quantitative estimate of drug-likeness (QED) is 0.0754. The van der Waals surface area contributed by atoms with E-state index in [1.165, 1.54) is 54.3 Å². The van der Waals surface area contributed by atoms with E-state index in [0.717, 1.165) is 0 Å². The minimum Gasteiger partial charge on any atom is -0.444 e. The number of aromatic nitrogens is 4. The fourth-order valence-electron chi connectivity index (χ4n) is 7.78. The molecule has 1 fully saturated rings. The van der Waals surface area contributed by atoms with Gasteiger partial charge in [-0.25, -0.2) is 23.4 Å². The molecule has 0 radical (unpaired) electrons. The van der Waals surface area contributed by atoms with Gasteiger partial charge in [0.15, 0.2) is 17.5 Å². The number of amides is 5. The summed E-state index contributed by atoms with van der Waals surface area (Å²) in [6.07, 6.45) is 4.02. The van der Waals surface area contributed by atoms with Gasteiger partial charge < -0.3 is 49.4 Å². The van der Waals surface area contributed by atoms with Gasteiger partial charge in [-0.2, -0.15) is 5.10 Å². The predicted molar refractivity (Wildman–Crippen MR) is 262 cm³/mol. The van der Waals surface area contributed by atoms with Crippen LogP contribution in [-0.2, 0) is 32.6 Å². The van der Waals surface area contributed by atoms with Crippen LogP contribution in [0.15, 0.2) is 42.7 Å². The number of benzene rings is 2. The van der Waals surface area contributed by atoms with Crippen LogP contribution in [-0.4, -0.2) is 148 Å². The molecule has 0 atom stereocenters. The van der Waals surface area contributed by atoms with E-state index in [4.69, 9.17) is 25.8 Å². The number of nitrogens with one attached hydrogen (secondary N) is 3. The summed E-state index contributed by atoms with van der Waals surface area (Å²) in [5.41, 5.74) is 0.529. The largest absolute Gasteiger partial charge is 0.444 e. The van der Waals surface area contributed by atoms with Gasteiger partial charge in [0.25, 0.3) is 11.8 Å². The van der Waals surface area contributed by atoms with Crippen LogP contribution >= 0.6 is 11.6 Å². The lowest BCUT2D eigenvalue weighted by Gasteiger charge is -2.35. The molecule has 70 heavy (non-hydrogen) atoms. The number of rotatable bonds is 20. The Balaban J connectivity index is 1.10. The third-order valence-electron chi connectivity index (χ3n) is 11.3. The monoisotopic (exact) mass is 996 g/mol. The molecule has 21 heteroatoms. The van der Waals surface area contributed by atoms with Crippen LogP contribution < -0.4 is 16.0 Å². The van der Waals surface area contributed by atoms with E-state index in [1.807, 2.05) is 0 Å². The van der Waals surface area contributed by atoms with Crippen LogP contribution in [0.5, 0.6) is 0 Å². The predicted octanol–water partition coefficient (Wildman–Crippen LogP) is 7.29. The lowest BCUT2D eigenvalue weighted by atomic mass is 10.0. The summed E-state index contributed by atoms with van der Waals surface area (Å²) in [5, 5.41) is 12.6. The fourth-order valence-corrected chi connectivity index (χ4v) is 8.05. The zero-order valence-electron chi connectivity index (χ0n) is 41.7. The summed E-state index contributed by atoms with van der Waals surface area (Å²) in [6.45, 7) is 17.5. The maximum Gasteiger partial charge on any atom is 0.407 e. The first-order chi connectivity index (χ1) is 33.1. The van der Waals surface area contributed by atoms with Gasteiger partial charge in [-0.3, -0.25) is 19.1 Å². The molecule has 382 valence electrons. The molecule has 3 heterocycles. The number of carbonyl (C=O) groups excluding carboxylic acids is 5. The molecule has 2 aromatic heterocycles. The zero-order valence-corrected chi connectivity index (χ0v) is 42.4. The first-order valence-electron chi connectivity index (χ1n) is 23.4. The van der Waals surface area contributed by atoms with Crippen molar-refractivity contribution in [3.05, 3.63) is 76.5 Å². The van der Waals surface area contributed by atoms with Crippen molar-refractivity contribution in [3.8, 4) is 22.4 Å². The number of anilines is 1. The second kappa shape index (κ2) is 24.6. The standard InChI is InChI=1S/C49H67ClF2N10O8/c1-32-37(30-56-62(32)27-28-68-9)34-16-17-36(42(52)41(34)51)39-31-55-43(58(39)8)44(64)57-33-14-15-35(38(50)29-33)45(65)61-25-23-60(24-26-61)40(63)13-10-20-59(21-11-18-53-46(66)69-48(2,3)4)22-12-19-54-47(67)70-49(5,6)7/h14-17,29-31H,10-13,18-28H2,1-9H3,(H,53,66)(H,54,67)(H,57,64). The molecule has 1 aliphatic heterocycles. The summed E-state index contributed by atoms with van der Waals surface area (Å²) in [7, 11) is 3.08. The minimum absolute atomic E-state index is 0.0214. The number of carbonyl (C=O) groups is 5. The number of hydrogen-bond donors (Lipinski definition) is 3. The number of ether oxygens (including phenoxy) is 3. The summed E-state index contributed by atoms with van der Waals surface area (Å²) < 4.78 is 50.0. The van der Waals surface area contributed by atoms with Crippen LogP contribution in [0.3, 0.4) is 0 Å². The number of alkyl carbamates (subject to hydrolysis) is 2. The maximum atomic E-state index is 15.6.